The lowest BCUT2D eigenvalue weighted by atomic mass is 10.1. The van der Waals surface area contributed by atoms with Gasteiger partial charge in [-0.2, -0.15) is 0 Å². The third-order valence-corrected chi connectivity index (χ3v) is 2.68. The highest BCUT2D eigenvalue weighted by Gasteiger charge is 2.20. The summed E-state index contributed by atoms with van der Waals surface area (Å²) in [5.74, 6) is 1.06. The van der Waals surface area contributed by atoms with Crippen LogP contribution in [-0.4, -0.2) is 25.9 Å². The Balaban J connectivity index is 3.12. The number of benzene rings is 1. The Morgan fingerprint density at radius 3 is 2.14 bits per heavy atom. The Morgan fingerprint density at radius 2 is 1.71 bits per heavy atom. The Kier molecular flexibility index (Phi) is 5.43. The predicted octanol–water partition coefficient (Wildman–Crippen LogP) is 3.07. The van der Waals surface area contributed by atoms with Crippen LogP contribution in [0, 0.1) is 0 Å². The van der Waals surface area contributed by atoms with E-state index >= 15 is 0 Å². The molecule has 0 aromatic heterocycles. The highest BCUT2D eigenvalue weighted by molar-refractivity contribution is 5.87. The average Bonchev–Trinajstić information content (AvgIpc) is 2.35. The lowest BCUT2D eigenvalue weighted by Crippen LogP contribution is -2.27. The van der Waals surface area contributed by atoms with Crippen molar-refractivity contribution in [3.63, 3.8) is 0 Å². The molecule has 1 aromatic rings. The van der Waals surface area contributed by atoms with Gasteiger partial charge < -0.3 is 19.9 Å². The molecular formula is C15H24N2O4. The van der Waals surface area contributed by atoms with Gasteiger partial charge in [0.25, 0.3) is 0 Å². The monoisotopic (exact) mass is 296 g/mol. The molecule has 0 heterocycles. The summed E-state index contributed by atoms with van der Waals surface area (Å²) in [6.07, 6.45) is -0.545. The Bertz CT molecular complexity index is 507. The van der Waals surface area contributed by atoms with E-state index in [-0.39, 0.29) is 6.04 Å². The summed E-state index contributed by atoms with van der Waals surface area (Å²) in [5, 5.41) is 2.70. The van der Waals surface area contributed by atoms with Crippen molar-refractivity contribution in [2.45, 2.75) is 39.3 Å². The van der Waals surface area contributed by atoms with E-state index in [2.05, 4.69) is 5.32 Å². The highest BCUT2D eigenvalue weighted by Crippen LogP contribution is 2.35. The maximum absolute atomic E-state index is 11.9. The molecule has 6 nitrogen and oxygen atoms in total. The van der Waals surface area contributed by atoms with Crippen LogP contribution in [0.25, 0.3) is 0 Å². The predicted molar refractivity (Wildman–Crippen MR) is 82.0 cm³/mol. The highest BCUT2D eigenvalue weighted by atomic mass is 16.6. The Hall–Kier alpha value is -1.95. The molecule has 0 bridgehead atoms. The largest absolute Gasteiger partial charge is 0.493 e. The first kappa shape index (κ1) is 17.1. The van der Waals surface area contributed by atoms with Gasteiger partial charge in [-0.25, -0.2) is 4.79 Å². The van der Waals surface area contributed by atoms with Gasteiger partial charge in [-0.3, -0.25) is 5.32 Å². The Labute approximate surface area is 125 Å². The zero-order valence-corrected chi connectivity index (χ0v) is 13.4. The van der Waals surface area contributed by atoms with Gasteiger partial charge in [-0.15, -0.1) is 0 Å². The molecule has 1 aromatic carbocycles. The topological polar surface area (TPSA) is 82.8 Å². The number of nitrogens with two attached hydrogens (primary N) is 1. The number of anilines is 1. The van der Waals surface area contributed by atoms with Crippen LogP contribution < -0.4 is 20.5 Å². The standard InChI is InChI=1S/C15H24N2O4/c1-9(16)10-7-12(19-5)13(20-6)8-11(10)17-14(18)21-15(2,3)4/h7-9H,16H2,1-6H3,(H,17,18)/t9-/m1/s1. The van der Waals surface area contributed by atoms with E-state index in [0.717, 1.165) is 5.56 Å². The second-order valence-electron chi connectivity index (χ2n) is 5.71. The van der Waals surface area contributed by atoms with Crippen molar-refractivity contribution < 1.29 is 19.0 Å². The second kappa shape index (κ2) is 6.67. The molecular weight excluding hydrogens is 272 g/mol. The molecule has 1 rings (SSSR count). The molecule has 0 radical (unpaired) electrons. The molecule has 118 valence electrons. The summed E-state index contributed by atoms with van der Waals surface area (Å²) < 4.78 is 15.7. The lowest BCUT2D eigenvalue weighted by Gasteiger charge is -2.22. The summed E-state index contributed by atoms with van der Waals surface area (Å²) in [6, 6.07) is 3.13. The van der Waals surface area contributed by atoms with Gasteiger partial charge in [0.15, 0.2) is 11.5 Å². The third kappa shape index (κ3) is 4.82. The molecule has 0 saturated heterocycles. The smallest absolute Gasteiger partial charge is 0.412 e. The second-order valence-corrected chi connectivity index (χ2v) is 5.71. The van der Waals surface area contributed by atoms with Crippen molar-refractivity contribution in [1.82, 2.24) is 0 Å². The molecule has 1 amide bonds. The number of amides is 1. The summed E-state index contributed by atoms with van der Waals surface area (Å²) in [5.41, 5.74) is 6.64. The lowest BCUT2D eigenvalue weighted by molar-refractivity contribution is 0.0635. The fourth-order valence-corrected chi connectivity index (χ4v) is 1.79. The number of nitrogens with one attached hydrogen (secondary N) is 1. The van der Waals surface area contributed by atoms with E-state index in [1.54, 1.807) is 40.0 Å². The first-order chi connectivity index (χ1) is 9.67. The SMILES string of the molecule is COc1cc(NC(=O)OC(C)(C)C)c([C@@H](C)N)cc1OC. The Morgan fingerprint density at radius 1 is 1.19 bits per heavy atom. The van der Waals surface area contributed by atoms with Gasteiger partial charge in [-0.1, -0.05) is 0 Å². The number of methoxy groups -OCH3 is 2. The van der Waals surface area contributed by atoms with Gasteiger partial charge in [0.2, 0.25) is 0 Å². The average molecular weight is 296 g/mol. The van der Waals surface area contributed by atoms with Crippen LogP contribution in [0.4, 0.5) is 10.5 Å². The van der Waals surface area contributed by atoms with Crippen LogP contribution in [0.2, 0.25) is 0 Å². The van der Waals surface area contributed by atoms with Crippen molar-refractivity contribution in [2.24, 2.45) is 5.73 Å². The van der Waals surface area contributed by atoms with Crippen LogP contribution in [-0.2, 0) is 4.74 Å². The van der Waals surface area contributed by atoms with Crippen LogP contribution in [0.5, 0.6) is 11.5 Å². The van der Waals surface area contributed by atoms with E-state index < -0.39 is 11.7 Å². The maximum atomic E-state index is 11.9. The number of rotatable bonds is 4. The zero-order valence-electron chi connectivity index (χ0n) is 13.4. The fourth-order valence-electron chi connectivity index (χ4n) is 1.79. The quantitative estimate of drug-likeness (QED) is 0.892. The maximum Gasteiger partial charge on any atom is 0.412 e. The normalized spacial score (nSPS) is 12.5. The number of carbonyl (C=O) groups is 1. The molecule has 0 fully saturated rings. The van der Waals surface area contributed by atoms with Crippen LogP contribution in [0.3, 0.4) is 0 Å². The molecule has 0 unspecified atom stereocenters. The van der Waals surface area contributed by atoms with E-state index in [1.165, 1.54) is 7.11 Å². The van der Waals surface area contributed by atoms with Crippen LogP contribution in [0.1, 0.15) is 39.3 Å². The minimum absolute atomic E-state index is 0.283. The molecule has 0 aliphatic carbocycles. The summed E-state index contributed by atoms with van der Waals surface area (Å²) in [7, 11) is 3.07. The van der Waals surface area contributed by atoms with Crippen molar-refractivity contribution >= 4 is 11.8 Å². The van der Waals surface area contributed by atoms with Crippen LogP contribution >= 0.6 is 0 Å². The van der Waals surface area contributed by atoms with Gasteiger partial charge in [0.1, 0.15) is 5.60 Å². The third-order valence-electron chi connectivity index (χ3n) is 2.68. The number of hydrogen-bond donors (Lipinski definition) is 2. The molecule has 3 N–H and O–H groups in total. The fraction of sp³-hybridized carbons (Fsp3) is 0.533. The van der Waals surface area contributed by atoms with Crippen molar-refractivity contribution in [3.8, 4) is 11.5 Å². The molecule has 21 heavy (non-hydrogen) atoms. The first-order valence-electron chi connectivity index (χ1n) is 6.69. The van der Waals surface area contributed by atoms with Crippen LogP contribution in [0.15, 0.2) is 12.1 Å². The first-order valence-corrected chi connectivity index (χ1v) is 6.69. The number of ether oxygens (including phenoxy) is 3. The minimum atomic E-state index is -0.574. The zero-order chi connectivity index (χ0) is 16.2. The number of carbonyl (C=O) groups excluding carboxylic acids is 1. The molecule has 6 heteroatoms. The van der Waals surface area contributed by atoms with E-state index in [0.29, 0.717) is 17.2 Å². The summed E-state index contributed by atoms with van der Waals surface area (Å²) in [6.45, 7) is 7.22. The molecule has 1 atom stereocenters. The minimum Gasteiger partial charge on any atom is -0.493 e. The van der Waals surface area contributed by atoms with Crippen molar-refractivity contribution in [1.29, 1.82) is 0 Å². The summed E-state index contributed by atoms with van der Waals surface area (Å²) >= 11 is 0. The van der Waals surface area contributed by atoms with Gasteiger partial charge in [-0.05, 0) is 39.3 Å². The van der Waals surface area contributed by atoms with Gasteiger partial charge in [0, 0.05) is 12.1 Å². The van der Waals surface area contributed by atoms with E-state index in [9.17, 15) is 4.79 Å². The van der Waals surface area contributed by atoms with E-state index in [1.807, 2.05) is 6.92 Å². The van der Waals surface area contributed by atoms with Crippen molar-refractivity contribution in [2.75, 3.05) is 19.5 Å². The molecule has 0 aliphatic rings. The molecule has 0 spiro atoms. The molecule has 0 saturated carbocycles. The van der Waals surface area contributed by atoms with Gasteiger partial charge >= 0.3 is 6.09 Å². The van der Waals surface area contributed by atoms with Gasteiger partial charge in [0.05, 0.1) is 19.9 Å². The number of hydrogen-bond acceptors (Lipinski definition) is 5. The van der Waals surface area contributed by atoms with Crippen molar-refractivity contribution in [3.05, 3.63) is 17.7 Å². The van der Waals surface area contributed by atoms with E-state index in [4.69, 9.17) is 19.9 Å². The summed E-state index contributed by atoms with van der Waals surface area (Å²) in [4.78, 5) is 11.9. The molecule has 0 aliphatic heterocycles.